The summed E-state index contributed by atoms with van der Waals surface area (Å²) in [6.07, 6.45) is 1.14. The predicted molar refractivity (Wildman–Crippen MR) is 96.2 cm³/mol. The van der Waals surface area contributed by atoms with Crippen LogP contribution in [0.4, 0.5) is 0 Å². The van der Waals surface area contributed by atoms with Gasteiger partial charge in [0.2, 0.25) is 5.16 Å². The number of rotatable bonds is 5. The van der Waals surface area contributed by atoms with Gasteiger partial charge in [0.15, 0.2) is 5.75 Å². The second kappa shape index (κ2) is 6.71. The zero-order valence-electron chi connectivity index (χ0n) is 12.7. The van der Waals surface area contributed by atoms with E-state index in [4.69, 9.17) is 4.18 Å². The lowest BCUT2D eigenvalue weighted by Crippen LogP contribution is -2.29. The van der Waals surface area contributed by atoms with E-state index in [-0.39, 0.29) is 5.16 Å². The smallest absolute Gasteiger partial charge is 0.323 e. The van der Waals surface area contributed by atoms with Gasteiger partial charge in [-0.3, -0.25) is 0 Å². The van der Waals surface area contributed by atoms with Crippen LogP contribution in [0.5, 0.6) is 5.75 Å². The lowest BCUT2D eigenvalue weighted by molar-refractivity contribution is 0.502. The van der Waals surface area contributed by atoms with Crippen LogP contribution in [0.2, 0.25) is 0 Å². The Labute approximate surface area is 152 Å². The average molecular weight is 429 g/mol. The highest BCUT2D eigenvalue weighted by atomic mass is 79.9. The fourth-order valence-electron chi connectivity index (χ4n) is 1.91. The molecule has 0 aliphatic heterocycles. The van der Waals surface area contributed by atoms with Gasteiger partial charge >= 0.3 is 10.2 Å². The molecule has 0 spiro atoms. The third kappa shape index (κ3) is 3.27. The highest BCUT2D eigenvalue weighted by molar-refractivity contribution is 9.10. The SMILES string of the molecule is CN(C)S(=O)(=O)n1cnc(SOc2ccc3ccccc3c2Br)n1. The largest absolute Gasteiger partial charge is 0.416 e. The van der Waals surface area contributed by atoms with Crippen LogP contribution in [-0.4, -0.2) is 41.0 Å². The van der Waals surface area contributed by atoms with Crippen molar-refractivity contribution in [1.82, 2.24) is 18.5 Å². The van der Waals surface area contributed by atoms with Crippen molar-refractivity contribution in [2.45, 2.75) is 5.16 Å². The summed E-state index contributed by atoms with van der Waals surface area (Å²) in [6.45, 7) is 0. The van der Waals surface area contributed by atoms with Crippen molar-refractivity contribution in [2.75, 3.05) is 14.1 Å². The normalized spacial score (nSPS) is 12.0. The number of halogens is 1. The molecule has 0 saturated heterocycles. The van der Waals surface area contributed by atoms with E-state index in [1.807, 2.05) is 36.4 Å². The van der Waals surface area contributed by atoms with E-state index in [1.54, 1.807) is 0 Å². The van der Waals surface area contributed by atoms with Crippen molar-refractivity contribution < 1.29 is 12.6 Å². The van der Waals surface area contributed by atoms with Gasteiger partial charge in [-0.15, -0.1) is 9.19 Å². The van der Waals surface area contributed by atoms with Gasteiger partial charge in [-0.05, 0) is 32.8 Å². The number of benzene rings is 2. The zero-order chi connectivity index (χ0) is 17.3. The molecule has 3 rings (SSSR count). The van der Waals surface area contributed by atoms with Crippen molar-refractivity contribution in [2.24, 2.45) is 0 Å². The summed E-state index contributed by atoms with van der Waals surface area (Å²) in [4.78, 5) is 3.94. The lowest BCUT2D eigenvalue weighted by Gasteiger charge is -2.09. The first-order valence-corrected chi connectivity index (χ1v) is 9.69. The molecule has 3 aromatic rings. The van der Waals surface area contributed by atoms with E-state index < -0.39 is 10.2 Å². The first-order chi connectivity index (χ1) is 11.4. The number of nitrogens with zero attached hydrogens (tertiary/aromatic N) is 4. The molecule has 7 nitrogen and oxygen atoms in total. The van der Waals surface area contributed by atoms with Crippen molar-refractivity contribution in [1.29, 1.82) is 0 Å². The Hall–Kier alpha value is -1.62. The minimum absolute atomic E-state index is 0.195. The molecule has 0 radical (unpaired) electrons. The third-order valence-corrected chi connectivity index (χ3v) is 6.17. The molecule has 0 unspecified atom stereocenters. The van der Waals surface area contributed by atoms with Gasteiger partial charge < -0.3 is 4.18 Å². The zero-order valence-corrected chi connectivity index (χ0v) is 16.0. The summed E-state index contributed by atoms with van der Waals surface area (Å²) in [7, 11) is -0.831. The van der Waals surface area contributed by atoms with E-state index in [9.17, 15) is 8.42 Å². The van der Waals surface area contributed by atoms with Crippen molar-refractivity contribution in [3.63, 3.8) is 0 Å². The second-order valence-corrected chi connectivity index (χ2v) is 8.45. The number of fused-ring (bicyclic) bond motifs is 1. The Bertz CT molecular complexity index is 989. The van der Waals surface area contributed by atoms with E-state index in [0.717, 1.165) is 42.0 Å². The molecule has 10 heteroatoms. The van der Waals surface area contributed by atoms with Crippen LogP contribution in [0.25, 0.3) is 10.8 Å². The molecule has 2 aromatic carbocycles. The summed E-state index contributed by atoms with van der Waals surface area (Å²) in [5, 5.41) is 6.21. The van der Waals surface area contributed by atoms with E-state index >= 15 is 0 Å². The minimum atomic E-state index is -3.68. The van der Waals surface area contributed by atoms with Gasteiger partial charge in [0.05, 0.1) is 4.47 Å². The Kier molecular flexibility index (Phi) is 4.81. The fraction of sp³-hybridized carbons (Fsp3) is 0.143. The molecule has 0 amide bonds. The van der Waals surface area contributed by atoms with Crippen LogP contribution in [0.1, 0.15) is 0 Å². The summed E-state index contributed by atoms with van der Waals surface area (Å²) in [6, 6.07) is 11.7. The molecule has 0 fully saturated rings. The van der Waals surface area contributed by atoms with Gasteiger partial charge in [0, 0.05) is 14.1 Å². The summed E-state index contributed by atoms with van der Waals surface area (Å²) in [5.41, 5.74) is 0. The maximum absolute atomic E-state index is 11.9. The molecule has 0 aliphatic rings. The highest BCUT2D eigenvalue weighted by Gasteiger charge is 2.19. The molecule has 0 saturated carbocycles. The van der Waals surface area contributed by atoms with Crippen LogP contribution in [-0.2, 0) is 10.2 Å². The average Bonchev–Trinajstić information content (AvgIpc) is 3.04. The lowest BCUT2D eigenvalue weighted by atomic mass is 10.1. The molecule has 126 valence electrons. The Balaban J connectivity index is 1.80. The fourth-order valence-corrected chi connectivity index (χ4v) is 3.84. The maximum atomic E-state index is 11.9. The van der Waals surface area contributed by atoms with Gasteiger partial charge in [-0.1, -0.05) is 30.3 Å². The molecular weight excluding hydrogens is 416 g/mol. The van der Waals surface area contributed by atoms with Crippen molar-refractivity contribution in [3.8, 4) is 5.75 Å². The van der Waals surface area contributed by atoms with Gasteiger partial charge in [-0.2, -0.15) is 12.7 Å². The number of aromatic nitrogens is 3. The standard InChI is InChI=1S/C14H13BrN4O3S2/c1-18(2)24(20,21)19-9-16-14(17-19)23-22-12-8-7-10-5-3-4-6-11(10)13(12)15/h3-9H,1-2H3. The number of hydrogen-bond donors (Lipinski definition) is 0. The summed E-state index contributed by atoms with van der Waals surface area (Å²) in [5.74, 6) is 0.602. The van der Waals surface area contributed by atoms with Crippen LogP contribution in [0.3, 0.4) is 0 Å². The molecule has 0 aliphatic carbocycles. The Morgan fingerprint density at radius 1 is 1.21 bits per heavy atom. The maximum Gasteiger partial charge on any atom is 0.323 e. The third-order valence-electron chi connectivity index (χ3n) is 3.18. The van der Waals surface area contributed by atoms with E-state index in [0.29, 0.717) is 5.75 Å². The molecule has 0 bridgehead atoms. The van der Waals surface area contributed by atoms with Crippen LogP contribution < -0.4 is 4.18 Å². The van der Waals surface area contributed by atoms with Crippen LogP contribution in [0, 0.1) is 0 Å². The molecular formula is C14H13BrN4O3S2. The quantitative estimate of drug-likeness (QED) is 0.581. The Morgan fingerprint density at radius 3 is 2.71 bits per heavy atom. The van der Waals surface area contributed by atoms with Gasteiger partial charge in [-0.25, -0.2) is 4.98 Å². The first-order valence-electron chi connectivity index (χ1n) is 6.76. The van der Waals surface area contributed by atoms with Crippen LogP contribution in [0.15, 0.2) is 52.4 Å². The number of hydrogen-bond acceptors (Lipinski definition) is 6. The topological polar surface area (TPSA) is 77.3 Å². The summed E-state index contributed by atoms with van der Waals surface area (Å²) >= 11 is 4.41. The monoisotopic (exact) mass is 428 g/mol. The highest BCUT2D eigenvalue weighted by Crippen LogP contribution is 2.35. The van der Waals surface area contributed by atoms with E-state index in [2.05, 4.69) is 26.0 Å². The molecule has 0 atom stereocenters. The van der Waals surface area contributed by atoms with Gasteiger partial charge in [0.25, 0.3) is 0 Å². The molecule has 1 heterocycles. The Morgan fingerprint density at radius 2 is 1.96 bits per heavy atom. The molecule has 24 heavy (non-hydrogen) atoms. The predicted octanol–water partition coefficient (Wildman–Crippen LogP) is 2.93. The minimum Gasteiger partial charge on any atom is -0.416 e. The summed E-state index contributed by atoms with van der Waals surface area (Å²) < 4.78 is 32.2. The second-order valence-electron chi connectivity index (χ2n) is 4.96. The molecule has 0 N–H and O–H groups in total. The first kappa shape index (κ1) is 17.2. The van der Waals surface area contributed by atoms with Gasteiger partial charge in [0.1, 0.15) is 18.4 Å². The van der Waals surface area contributed by atoms with Crippen LogP contribution >= 0.6 is 28.0 Å². The van der Waals surface area contributed by atoms with E-state index in [1.165, 1.54) is 14.1 Å². The van der Waals surface area contributed by atoms with Crippen molar-refractivity contribution >= 4 is 49.0 Å². The molecule has 1 aromatic heterocycles. The van der Waals surface area contributed by atoms with Crippen molar-refractivity contribution in [3.05, 3.63) is 47.2 Å².